The fourth-order valence-corrected chi connectivity index (χ4v) is 3.05. The molecule has 0 fully saturated rings. The summed E-state index contributed by atoms with van der Waals surface area (Å²) < 4.78 is 43.5. The van der Waals surface area contributed by atoms with Crippen LogP contribution in [-0.4, -0.2) is 24.2 Å². The maximum absolute atomic E-state index is 12.6. The van der Waals surface area contributed by atoms with Crippen LogP contribution in [0.3, 0.4) is 0 Å². The van der Waals surface area contributed by atoms with Gasteiger partial charge >= 0.3 is 6.18 Å². The predicted octanol–water partition coefficient (Wildman–Crippen LogP) is 3.63. The quantitative estimate of drug-likeness (QED) is 0.870. The number of nitrogens with one attached hydrogen (secondary N) is 1. The van der Waals surface area contributed by atoms with E-state index in [2.05, 4.69) is 10.3 Å². The van der Waals surface area contributed by atoms with Crippen molar-refractivity contribution in [2.24, 2.45) is 0 Å². The zero-order chi connectivity index (χ0) is 14.7. The minimum absolute atomic E-state index is 0.314. The number of thiazole rings is 1. The Balaban J connectivity index is 3.06. The standard InChI is InChI=1S/C12H19F3N2OS/c1-5-11(3,18-6-2)9(16-4)8-7-17-10(19-8)12(13,14)15/h7,9,16H,5-6H2,1-4H3. The van der Waals surface area contributed by atoms with Crippen LogP contribution in [0.15, 0.2) is 6.20 Å². The van der Waals surface area contributed by atoms with Gasteiger partial charge in [-0.25, -0.2) is 4.98 Å². The largest absolute Gasteiger partial charge is 0.443 e. The van der Waals surface area contributed by atoms with Gasteiger partial charge < -0.3 is 10.1 Å². The molecule has 0 aliphatic carbocycles. The lowest BCUT2D eigenvalue weighted by Crippen LogP contribution is -2.41. The first-order valence-corrected chi connectivity index (χ1v) is 6.94. The van der Waals surface area contributed by atoms with Crippen LogP contribution in [0.4, 0.5) is 13.2 Å². The highest BCUT2D eigenvalue weighted by molar-refractivity contribution is 7.11. The Labute approximate surface area is 115 Å². The SMILES string of the molecule is CCOC(C)(CC)C(NC)c1cnc(C(F)(F)F)s1. The number of alkyl halides is 3. The topological polar surface area (TPSA) is 34.1 Å². The average Bonchev–Trinajstić information content (AvgIpc) is 2.79. The van der Waals surface area contributed by atoms with E-state index in [1.54, 1.807) is 7.05 Å². The lowest BCUT2D eigenvalue weighted by molar-refractivity contribution is -0.137. The summed E-state index contributed by atoms with van der Waals surface area (Å²) in [5.74, 6) is 0. The molecule has 0 spiro atoms. The second-order valence-electron chi connectivity index (χ2n) is 4.39. The molecule has 0 bridgehead atoms. The molecule has 0 aliphatic heterocycles. The summed E-state index contributed by atoms with van der Waals surface area (Å²) >= 11 is 0.662. The second kappa shape index (κ2) is 6.19. The smallest absolute Gasteiger partial charge is 0.374 e. The van der Waals surface area contributed by atoms with Crippen molar-refractivity contribution < 1.29 is 17.9 Å². The number of nitrogens with zero attached hydrogens (tertiary/aromatic N) is 1. The van der Waals surface area contributed by atoms with E-state index in [-0.39, 0.29) is 6.04 Å². The normalized spacial score (nSPS) is 17.2. The van der Waals surface area contributed by atoms with Crippen LogP contribution < -0.4 is 5.32 Å². The molecule has 1 N–H and O–H groups in total. The summed E-state index contributed by atoms with van der Waals surface area (Å²) in [6.45, 7) is 6.22. The van der Waals surface area contributed by atoms with E-state index < -0.39 is 16.8 Å². The van der Waals surface area contributed by atoms with Crippen LogP contribution in [0.2, 0.25) is 0 Å². The summed E-state index contributed by atoms with van der Waals surface area (Å²) in [5.41, 5.74) is -0.557. The third-order valence-electron chi connectivity index (χ3n) is 3.13. The van der Waals surface area contributed by atoms with Gasteiger partial charge in [0.2, 0.25) is 0 Å². The van der Waals surface area contributed by atoms with Crippen molar-refractivity contribution in [2.75, 3.05) is 13.7 Å². The highest BCUT2D eigenvalue weighted by Crippen LogP contribution is 2.39. The number of halogens is 3. The summed E-state index contributed by atoms with van der Waals surface area (Å²) in [4.78, 5) is 4.00. The lowest BCUT2D eigenvalue weighted by Gasteiger charge is -2.35. The van der Waals surface area contributed by atoms with Crippen molar-refractivity contribution in [1.82, 2.24) is 10.3 Å². The van der Waals surface area contributed by atoms with Crippen molar-refractivity contribution in [3.05, 3.63) is 16.1 Å². The maximum Gasteiger partial charge on any atom is 0.443 e. The fraction of sp³-hybridized carbons (Fsp3) is 0.750. The maximum atomic E-state index is 12.6. The van der Waals surface area contributed by atoms with Gasteiger partial charge in [0.15, 0.2) is 5.01 Å². The highest BCUT2D eigenvalue weighted by atomic mass is 32.1. The van der Waals surface area contributed by atoms with E-state index in [9.17, 15) is 13.2 Å². The summed E-state index contributed by atoms with van der Waals surface area (Å²) in [5, 5.41) is 2.22. The van der Waals surface area contributed by atoms with Crippen molar-refractivity contribution >= 4 is 11.3 Å². The molecule has 7 heteroatoms. The van der Waals surface area contributed by atoms with E-state index in [1.165, 1.54) is 6.20 Å². The van der Waals surface area contributed by atoms with Crippen LogP contribution in [-0.2, 0) is 10.9 Å². The van der Waals surface area contributed by atoms with Crippen molar-refractivity contribution in [3.63, 3.8) is 0 Å². The zero-order valence-electron chi connectivity index (χ0n) is 11.5. The van der Waals surface area contributed by atoms with Crippen molar-refractivity contribution in [1.29, 1.82) is 0 Å². The molecule has 0 saturated carbocycles. The van der Waals surface area contributed by atoms with E-state index in [0.717, 1.165) is 0 Å². The number of likely N-dealkylation sites (N-methyl/N-ethyl adjacent to an activating group) is 1. The Bertz CT molecular complexity index is 408. The van der Waals surface area contributed by atoms with Gasteiger partial charge in [-0.3, -0.25) is 0 Å². The summed E-state index contributed by atoms with van der Waals surface area (Å²) in [7, 11) is 1.71. The lowest BCUT2D eigenvalue weighted by atomic mass is 9.92. The molecule has 1 aromatic heterocycles. The highest BCUT2D eigenvalue weighted by Gasteiger charge is 2.39. The molecule has 0 aromatic carbocycles. The van der Waals surface area contributed by atoms with Crippen molar-refractivity contribution in [3.8, 4) is 0 Å². The number of hydrogen-bond donors (Lipinski definition) is 1. The summed E-state index contributed by atoms with van der Waals surface area (Å²) in [6.07, 6.45) is -2.43. The Morgan fingerprint density at radius 2 is 2.05 bits per heavy atom. The van der Waals surface area contributed by atoms with Gasteiger partial charge in [-0.15, -0.1) is 11.3 Å². The Kier molecular flexibility index (Phi) is 5.34. The summed E-state index contributed by atoms with van der Waals surface area (Å²) in [6, 6.07) is -0.314. The Morgan fingerprint density at radius 3 is 2.42 bits per heavy atom. The molecule has 2 atom stereocenters. The Morgan fingerprint density at radius 1 is 1.42 bits per heavy atom. The van der Waals surface area contributed by atoms with Crippen LogP contribution in [0.25, 0.3) is 0 Å². The van der Waals surface area contributed by atoms with Crippen LogP contribution >= 0.6 is 11.3 Å². The number of hydrogen-bond acceptors (Lipinski definition) is 4. The average molecular weight is 296 g/mol. The zero-order valence-corrected chi connectivity index (χ0v) is 12.3. The molecular formula is C12H19F3N2OS. The predicted molar refractivity (Wildman–Crippen MR) is 69.2 cm³/mol. The number of rotatable bonds is 6. The molecule has 110 valence electrons. The van der Waals surface area contributed by atoms with Gasteiger partial charge in [0.05, 0.1) is 11.6 Å². The van der Waals surface area contributed by atoms with E-state index in [0.29, 0.717) is 29.2 Å². The molecule has 3 nitrogen and oxygen atoms in total. The Hall–Kier alpha value is -0.660. The van der Waals surface area contributed by atoms with Gasteiger partial charge in [0.25, 0.3) is 0 Å². The van der Waals surface area contributed by atoms with Crippen molar-refractivity contribution in [2.45, 2.75) is 45.0 Å². The molecule has 1 aromatic rings. The molecule has 0 radical (unpaired) electrons. The molecule has 2 unspecified atom stereocenters. The first kappa shape index (κ1) is 16.4. The van der Waals surface area contributed by atoms with Gasteiger partial charge in [0.1, 0.15) is 0 Å². The fourth-order valence-electron chi connectivity index (χ4n) is 2.02. The van der Waals surface area contributed by atoms with Gasteiger partial charge in [-0.1, -0.05) is 6.92 Å². The van der Waals surface area contributed by atoms with Gasteiger partial charge in [-0.05, 0) is 27.3 Å². The third-order valence-corrected chi connectivity index (χ3v) is 4.23. The first-order valence-electron chi connectivity index (χ1n) is 6.12. The number of ether oxygens (including phenoxy) is 1. The van der Waals surface area contributed by atoms with E-state index >= 15 is 0 Å². The van der Waals surface area contributed by atoms with Gasteiger partial charge in [0, 0.05) is 17.7 Å². The molecule has 0 amide bonds. The molecular weight excluding hydrogens is 277 g/mol. The van der Waals surface area contributed by atoms with Crippen LogP contribution in [0, 0.1) is 0 Å². The monoisotopic (exact) mass is 296 g/mol. The van der Waals surface area contributed by atoms with Crippen LogP contribution in [0.1, 0.15) is 43.1 Å². The van der Waals surface area contributed by atoms with Gasteiger partial charge in [-0.2, -0.15) is 13.2 Å². The molecule has 1 rings (SSSR count). The molecule has 19 heavy (non-hydrogen) atoms. The molecule has 0 saturated heterocycles. The first-order chi connectivity index (χ1) is 8.78. The molecule has 0 aliphatic rings. The van der Waals surface area contributed by atoms with Crippen LogP contribution in [0.5, 0.6) is 0 Å². The minimum Gasteiger partial charge on any atom is -0.374 e. The molecule has 1 heterocycles. The van der Waals surface area contributed by atoms with E-state index in [1.807, 2.05) is 20.8 Å². The third kappa shape index (κ3) is 3.67. The minimum atomic E-state index is -4.39. The second-order valence-corrected chi connectivity index (χ2v) is 5.45. The van der Waals surface area contributed by atoms with E-state index in [4.69, 9.17) is 4.74 Å². The number of aromatic nitrogens is 1.